The van der Waals surface area contributed by atoms with E-state index in [1.165, 1.54) is 11.9 Å². The Morgan fingerprint density at radius 3 is 2.41 bits per heavy atom. The van der Waals surface area contributed by atoms with E-state index < -0.39 is 0 Å². The number of hydrogen-bond donors (Lipinski definition) is 0. The van der Waals surface area contributed by atoms with Crippen LogP contribution in [-0.2, 0) is 12.7 Å². The topological polar surface area (TPSA) is 0 Å². The van der Waals surface area contributed by atoms with Gasteiger partial charge in [-0.3, -0.25) is 0 Å². The molecule has 0 bridgehead atoms. The molecule has 2 atom stereocenters. The standard InChI is InChI=1S/C19H23B.C2H6/c1-4-15-9-5-7-11-17(15)14(2)19-18-12-8-6-10-16(18)13-20(19)3;1-2/h5-12,14,19H,4,13H2,1-3H3;1-2H3. The number of benzene rings is 2. The van der Waals surface area contributed by atoms with Gasteiger partial charge in [0, 0.05) is 0 Å². The van der Waals surface area contributed by atoms with Gasteiger partial charge < -0.3 is 0 Å². The average Bonchev–Trinajstić information content (AvgIpc) is 2.91. The van der Waals surface area contributed by atoms with Crippen molar-refractivity contribution in [3.8, 4) is 0 Å². The molecule has 1 heterocycles. The van der Waals surface area contributed by atoms with E-state index in [2.05, 4.69) is 69.2 Å². The van der Waals surface area contributed by atoms with Gasteiger partial charge in [-0.25, -0.2) is 0 Å². The van der Waals surface area contributed by atoms with Gasteiger partial charge in [-0.05, 0) is 41.2 Å². The molecule has 0 aromatic heterocycles. The molecule has 1 heteroatoms. The molecule has 0 saturated heterocycles. The van der Waals surface area contributed by atoms with Gasteiger partial charge in [0.2, 0.25) is 0 Å². The third-order valence-corrected chi connectivity index (χ3v) is 5.03. The highest BCUT2D eigenvalue weighted by atomic mass is 14.3. The minimum absolute atomic E-state index is 0.602. The van der Waals surface area contributed by atoms with Crippen LogP contribution in [0.25, 0.3) is 0 Å². The van der Waals surface area contributed by atoms with E-state index in [1.54, 1.807) is 16.7 Å². The van der Waals surface area contributed by atoms with Crippen molar-refractivity contribution in [2.24, 2.45) is 0 Å². The van der Waals surface area contributed by atoms with Crippen LogP contribution < -0.4 is 0 Å². The Morgan fingerprint density at radius 1 is 1.05 bits per heavy atom. The predicted octanol–water partition coefficient (Wildman–Crippen LogP) is 5.92. The molecule has 116 valence electrons. The molecule has 0 nitrogen and oxygen atoms in total. The van der Waals surface area contributed by atoms with E-state index in [0.717, 1.165) is 13.1 Å². The molecule has 0 radical (unpaired) electrons. The maximum Gasteiger partial charge on any atom is 0.150 e. The Bertz CT molecular complexity index is 602. The van der Waals surface area contributed by atoms with E-state index in [-0.39, 0.29) is 0 Å². The maximum absolute atomic E-state index is 2.41. The van der Waals surface area contributed by atoms with Crippen molar-refractivity contribution in [1.29, 1.82) is 0 Å². The Balaban J connectivity index is 0.000000847. The molecule has 0 spiro atoms. The zero-order chi connectivity index (χ0) is 16.1. The normalized spacial score (nSPS) is 17.5. The number of hydrogen-bond acceptors (Lipinski definition) is 0. The number of rotatable bonds is 3. The van der Waals surface area contributed by atoms with E-state index >= 15 is 0 Å². The Kier molecular flexibility index (Phi) is 5.88. The van der Waals surface area contributed by atoms with Crippen molar-refractivity contribution in [2.75, 3.05) is 0 Å². The molecular formula is C21H29B. The van der Waals surface area contributed by atoms with Gasteiger partial charge in [-0.1, -0.05) is 88.6 Å². The molecular weight excluding hydrogens is 263 g/mol. The highest BCUT2D eigenvalue weighted by Gasteiger charge is 2.36. The van der Waals surface area contributed by atoms with Gasteiger partial charge >= 0.3 is 0 Å². The van der Waals surface area contributed by atoms with Crippen LogP contribution in [0.5, 0.6) is 0 Å². The molecule has 3 rings (SSSR count). The first-order valence-corrected chi connectivity index (χ1v) is 8.88. The first kappa shape index (κ1) is 16.9. The first-order valence-electron chi connectivity index (χ1n) is 8.88. The lowest BCUT2D eigenvalue weighted by atomic mass is 9.40. The Labute approximate surface area is 137 Å². The quantitative estimate of drug-likeness (QED) is 0.616. The van der Waals surface area contributed by atoms with Crippen molar-refractivity contribution in [3.63, 3.8) is 0 Å². The van der Waals surface area contributed by atoms with Gasteiger partial charge in [0.15, 0.2) is 0 Å². The molecule has 2 aromatic rings. The van der Waals surface area contributed by atoms with Gasteiger partial charge in [0.1, 0.15) is 6.71 Å². The summed E-state index contributed by atoms with van der Waals surface area (Å²) in [5.41, 5.74) is 6.20. The van der Waals surface area contributed by atoms with Crippen LogP contribution in [0.1, 0.15) is 61.7 Å². The number of aryl methyl sites for hydroxylation is 1. The van der Waals surface area contributed by atoms with Crippen LogP contribution >= 0.6 is 0 Å². The van der Waals surface area contributed by atoms with Crippen molar-refractivity contribution in [2.45, 2.75) is 59.0 Å². The fraction of sp³-hybridized carbons (Fsp3) is 0.429. The summed E-state index contributed by atoms with van der Waals surface area (Å²) in [5, 5.41) is 0. The number of fused-ring (bicyclic) bond motifs is 1. The van der Waals surface area contributed by atoms with E-state index in [0.29, 0.717) is 11.7 Å². The lowest BCUT2D eigenvalue weighted by molar-refractivity contribution is 0.715. The Hall–Kier alpha value is -1.50. The minimum Gasteiger partial charge on any atom is -0.0853 e. The monoisotopic (exact) mass is 292 g/mol. The summed E-state index contributed by atoms with van der Waals surface area (Å²) in [7, 11) is 0. The van der Waals surface area contributed by atoms with Crippen molar-refractivity contribution in [3.05, 3.63) is 70.8 Å². The molecule has 0 fully saturated rings. The van der Waals surface area contributed by atoms with Gasteiger partial charge in [-0.2, -0.15) is 0 Å². The summed E-state index contributed by atoms with van der Waals surface area (Å²) in [5.74, 6) is 1.27. The van der Waals surface area contributed by atoms with E-state index in [9.17, 15) is 0 Å². The molecule has 2 unspecified atom stereocenters. The predicted molar refractivity (Wildman–Crippen MR) is 100 cm³/mol. The zero-order valence-corrected chi connectivity index (χ0v) is 14.8. The van der Waals surface area contributed by atoms with E-state index in [1.807, 2.05) is 13.8 Å². The van der Waals surface area contributed by atoms with Gasteiger partial charge in [-0.15, -0.1) is 0 Å². The van der Waals surface area contributed by atoms with Gasteiger partial charge in [0.05, 0.1) is 0 Å². The molecule has 0 saturated carbocycles. The largest absolute Gasteiger partial charge is 0.150 e. The van der Waals surface area contributed by atoms with Crippen molar-refractivity contribution in [1.82, 2.24) is 0 Å². The molecule has 1 aliphatic heterocycles. The van der Waals surface area contributed by atoms with Crippen molar-refractivity contribution < 1.29 is 0 Å². The Morgan fingerprint density at radius 2 is 1.68 bits per heavy atom. The highest BCUT2D eigenvalue weighted by Crippen LogP contribution is 2.42. The molecule has 0 aliphatic carbocycles. The third kappa shape index (κ3) is 3.14. The van der Waals surface area contributed by atoms with Crippen LogP contribution in [0.3, 0.4) is 0 Å². The summed E-state index contributed by atoms with van der Waals surface area (Å²) in [6.45, 7) is 11.8. The SMILES string of the molecule is CC.CCc1ccccc1C(C)C1B(C)Cc2ccccc21. The summed E-state index contributed by atoms with van der Waals surface area (Å²) in [6, 6.07) is 18.0. The fourth-order valence-electron chi connectivity index (χ4n) is 4.08. The molecule has 0 N–H and O–H groups in total. The van der Waals surface area contributed by atoms with E-state index in [4.69, 9.17) is 0 Å². The van der Waals surface area contributed by atoms with Crippen LogP contribution in [0.15, 0.2) is 48.5 Å². The summed E-state index contributed by atoms with van der Waals surface area (Å²) in [6.07, 6.45) is 2.36. The maximum atomic E-state index is 2.41. The second kappa shape index (κ2) is 7.67. The fourth-order valence-corrected chi connectivity index (χ4v) is 4.08. The lowest BCUT2D eigenvalue weighted by Crippen LogP contribution is -2.21. The summed E-state index contributed by atoms with van der Waals surface area (Å²) in [4.78, 5) is 0. The van der Waals surface area contributed by atoms with Crippen LogP contribution in [0.2, 0.25) is 6.82 Å². The average molecular weight is 292 g/mol. The zero-order valence-electron chi connectivity index (χ0n) is 14.8. The smallest absolute Gasteiger partial charge is 0.0853 e. The third-order valence-electron chi connectivity index (χ3n) is 5.03. The molecule has 22 heavy (non-hydrogen) atoms. The minimum atomic E-state index is 0.602. The van der Waals surface area contributed by atoms with Gasteiger partial charge in [0.25, 0.3) is 0 Å². The first-order chi connectivity index (χ1) is 10.7. The van der Waals surface area contributed by atoms with Crippen LogP contribution in [-0.4, -0.2) is 6.71 Å². The summed E-state index contributed by atoms with van der Waals surface area (Å²) >= 11 is 0. The van der Waals surface area contributed by atoms with Crippen molar-refractivity contribution >= 4 is 6.71 Å². The summed E-state index contributed by atoms with van der Waals surface area (Å²) < 4.78 is 0. The molecule has 0 amide bonds. The lowest BCUT2D eigenvalue weighted by Gasteiger charge is -2.26. The highest BCUT2D eigenvalue weighted by molar-refractivity contribution is 6.60. The second-order valence-corrected chi connectivity index (χ2v) is 6.25. The molecule has 2 aromatic carbocycles. The second-order valence-electron chi connectivity index (χ2n) is 6.25. The molecule has 1 aliphatic rings. The van der Waals surface area contributed by atoms with Crippen LogP contribution in [0.4, 0.5) is 0 Å². The van der Waals surface area contributed by atoms with Crippen LogP contribution in [0, 0.1) is 0 Å².